The maximum absolute atomic E-state index is 13.3. The minimum atomic E-state index is -0.917. The average Bonchev–Trinajstić information content (AvgIpc) is 3.46. The number of ether oxygens (including phenoxy) is 2. The van der Waals surface area contributed by atoms with Gasteiger partial charge in [-0.2, -0.15) is 0 Å². The molecule has 3 fully saturated rings. The monoisotopic (exact) mass is 694 g/mol. The van der Waals surface area contributed by atoms with Crippen molar-refractivity contribution in [2.75, 3.05) is 62.8 Å². The normalized spacial score (nSPS) is 17.9. The number of anilines is 2. The number of carboxylic acids is 1. The fourth-order valence-corrected chi connectivity index (χ4v) is 8.15. The van der Waals surface area contributed by atoms with Gasteiger partial charge in [-0.25, -0.2) is 4.79 Å². The fourth-order valence-electron chi connectivity index (χ4n) is 8.15. The number of aromatic carboxylic acids is 1. The average molecular weight is 695 g/mol. The summed E-state index contributed by atoms with van der Waals surface area (Å²) in [6.07, 6.45) is 7.09. The van der Waals surface area contributed by atoms with E-state index in [4.69, 9.17) is 9.47 Å². The second kappa shape index (κ2) is 15.5. The summed E-state index contributed by atoms with van der Waals surface area (Å²) in [5, 5.41) is 20.7. The molecule has 10 nitrogen and oxygen atoms in total. The summed E-state index contributed by atoms with van der Waals surface area (Å²) >= 11 is 0. The Morgan fingerprint density at radius 2 is 1.63 bits per heavy atom. The maximum Gasteiger partial charge on any atom is 0.335 e. The van der Waals surface area contributed by atoms with Crippen molar-refractivity contribution in [1.82, 2.24) is 9.47 Å². The summed E-state index contributed by atoms with van der Waals surface area (Å²) in [4.78, 5) is 31.3. The molecule has 4 aromatic rings. The van der Waals surface area contributed by atoms with E-state index in [1.54, 1.807) is 17.0 Å². The van der Waals surface area contributed by atoms with E-state index in [9.17, 15) is 19.8 Å². The zero-order valence-electron chi connectivity index (χ0n) is 29.9. The summed E-state index contributed by atoms with van der Waals surface area (Å²) < 4.78 is 14.2. The number of carbonyl (C=O) groups excluding carboxylic acids is 1. The van der Waals surface area contributed by atoms with E-state index < -0.39 is 5.97 Å². The minimum absolute atomic E-state index is 0.0214. The van der Waals surface area contributed by atoms with Crippen molar-refractivity contribution in [2.45, 2.75) is 63.6 Å². The lowest BCUT2D eigenvalue weighted by Crippen LogP contribution is -2.43. The van der Waals surface area contributed by atoms with E-state index in [1.165, 1.54) is 24.8 Å². The number of likely N-dealkylation sites (tertiary alicyclic amines) is 1. The number of aryl methyl sites for hydroxylation is 1. The van der Waals surface area contributed by atoms with Crippen LogP contribution in [0.25, 0.3) is 22.2 Å². The molecular formula is C41H50N4O6. The number of morpholine rings is 1. The van der Waals surface area contributed by atoms with Crippen LogP contribution in [-0.4, -0.2) is 90.6 Å². The van der Waals surface area contributed by atoms with Crippen LogP contribution in [0.4, 0.5) is 11.4 Å². The Morgan fingerprint density at radius 3 is 2.33 bits per heavy atom. The van der Waals surface area contributed by atoms with E-state index in [-0.39, 0.29) is 12.0 Å². The first kappa shape index (κ1) is 35.0. The molecule has 7 rings (SSSR count). The number of piperidine rings is 1. The Balaban J connectivity index is 1.13. The number of fused-ring (bicyclic) bond motifs is 1. The van der Waals surface area contributed by atoms with Crippen LogP contribution in [-0.2, 0) is 23.2 Å². The molecular weight excluding hydrogens is 644 g/mol. The van der Waals surface area contributed by atoms with Crippen molar-refractivity contribution in [3.8, 4) is 17.0 Å². The minimum Gasteiger partial charge on any atom is -0.489 e. The van der Waals surface area contributed by atoms with Gasteiger partial charge in [0.2, 0.25) is 5.91 Å². The highest BCUT2D eigenvalue weighted by Crippen LogP contribution is 2.44. The number of aliphatic hydroxyl groups excluding tert-OH is 1. The maximum atomic E-state index is 13.3. The van der Waals surface area contributed by atoms with Gasteiger partial charge in [0.1, 0.15) is 12.4 Å². The number of amides is 1. The van der Waals surface area contributed by atoms with Gasteiger partial charge in [-0.1, -0.05) is 25.3 Å². The molecule has 0 bridgehead atoms. The predicted molar refractivity (Wildman–Crippen MR) is 200 cm³/mol. The number of nitrogens with zero attached hydrogens (tertiary/aromatic N) is 4. The fraction of sp³-hybridized carbons (Fsp3) is 0.463. The number of carboxylic acid groups (broad SMARTS) is 1. The summed E-state index contributed by atoms with van der Waals surface area (Å²) in [6.45, 7) is 5.03. The number of rotatable bonds is 10. The number of hydrogen-bond donors (Lipinski definition) is 2. The summed E-state index contributed by atoms with van der Waals surface area (Å²) in [7, 11) is 3.87. The van der Waals surface area contributed by atoms with Crippen LogP contribution in [0.3, 0.4) is 0 Å². The van der Waals surface area contributed by atoms with Crippen LogP contribution in [0.5, 0.6) is 5.75 Å². The highest BCUT2D eigenvalue weighted by atomic mass is 16.5. The first-order valence-electron chi connectivity index (χ1n) is 18.5. The molecule has 1 amide bonds. The molecule has 3 aliphatic rings. The molecule has 0 atom stereocenters. The van der Waals surface area contributed by atoms with Crippen molar-refractivity contribution in [3.63, 3.8) is 0 Å². The Labute approximate surface area is 300 Å². The van der Waals surface area contributed by atoms with Crippen LogP contribution in [0.15, 0.2) is 60.7 Å². The van der Waals surface area contributed by atoms with E-state index >= 15 is 0 Å². The number of likely N-dealkylation sites (N-methyl/N-ethyl adjacent to an activating group) is 1. The van der Waals surface area contributed by atoms with Crippen molar-refractivity contribution in [2.24, 2.45) is 7.05 Å². The van der Waals surface area contributed by atoms with Gasteiger partial charge in [0.15, 0.2) is 0 Å². The van der Waals surface area contributed by atoms with E-state index in [0.717, 1.165) is 83.9 Å². The van der Waals surface area contributed by atoms with Crippen molar-refractivity contribution < 1.29 is 29.3 Å². The SMILES string of the molecule is CN(C(=O)CN1CCC(O)CC1)c1ccc(N2CCOCC2)c(COc2ccc(-c3c(C4CCCCC4)c4ccc(C(=O)O)cc4n3C)cc2)c1. The molecule has 0 spiro atoms. The van der Waals surface area contributed by atoms with Gasteiger partial charge in [0.25, 0.3) is 0 Å². The molecule has 2 N–H and O–H groups in total. The Bertz CT molecular complexity index is 1850. The van der Waals surface area contributed by atoms with Gasteiger partial charge in [-0.15, -0.1) is 0 Å². The molecule has 0 unspecified atom stereocenters. The van der Waals surface area contributed by atoms with Gasteiger partial charge in [-0.05, 0) is 97.3 Å². The molecule has 0 radical (unpaired) electrons. The van der Waals surface area contributed by atoms with E-state index in [2.05, 4.69) is 38.6 Å². The topological polar surface area (TPSA) is 108 Å². The van der Waals surface area contributed by atoms with E-state index in [0.29, 0.717) is 50.7 Å². The van der Waals surface area contributed by atoms with Crippen molar-refractivity contribution in [1.29, 1.82) is 0 Å². The molecule has 1 aliphatic carbocycles. The molecule has 3 aromatic carbocycles. The first-order chi connectivity index (χ1) is 24.8. The molecule has 270 valence electrons. The Morgan fingerprint density at radius 1 is 0.902 bits per heavy atom. The van der Waals surface area contributed by atoms with Gasteiger partial charge in [0.05, 0.1) is 37.1 Å². The smallest absolute Gasteiger partial charge is 0.335 e. The van der Waals surface area contributed by atoms with Gasteiger partial charge in [0, 0.05) is 68.1 Å². The van der Waals surface area contributed by atoms with Crippen LogP contribution in [0.2, 0.25) is 0 Å². The third-order valence-electron chi connectivity index (χ3n) is 11.1. The lowest BCUT2D eigenvalue weighted by molar-refractivity contribution is -0.120. The standard InChI is InChI=1S/C41H50N4O6/c1-42(38(47)26-44-18-16-33(46)17-19-44)32-11-15-36(45-20-22-50-23-21-45)31(24-32)27-51-34-12-8-29(9-13-34)40-39(28-6-4-3-5-7-28)35-14-10-30(41(48)49)25-37(35)43(40)2/h8-15,24-25,28,33,46H,3-7,16-23,26-27H2,1-2H3,(H,48,49). The molecule has 2 aliphatic heterocycles. The van der Waals surface area contributed by atoms with Crippen LogP contribution in [0.1, 0.15) is 72.3 Å². The van der Waals surface area contributed by atoms with Crippen LogP contribution >= 0.6 is 0 Å². The third-order valence-corrected chi connectivity index (χ3v) is 11.1. The third kappa shape index (κ3) is 7.64. The highest BCUT2D eigenvalue weighted by Gasteiger charge is 2.27. The van der Waals surface area contributed by atoms with Crippen molar-refractivity contribution in [3.05, 3.63) is 77.4 Å². The molecule has 10 heteroatoms. The number of benzene rings is 3. The molecule has 51 heavy (non-hydrogen) atoms. The zero-order chi connectivity index (χ0) is 35.5. The predicted octanol–water partition coefficient (Wildman–Crippen LogP) is 6.43. The summed E-state index contributed by atoms with van der Waals surface area (Å²) in [5.74, 6) is 0.292. The number of aromatic nitrogens is 1. The molecule has 2 saturated heterocycles. The summed E-state index contributed by atoms with van der Waals surface area (Å²) in [6, 6.07) is 19.9. The van der Waals surface area contributed by atoms with Crippen LogP contribution < -0.4 is 14.5 Å². The van der Waals surface area contributed by atoms with E-state index in [1.807, 2.05) is 38.4 Å². The van der Waals surface area contributed by atoms with Gasteiger partial charge >= 0.3 is 5.97 Å². The number of hydrogen-bond acceptors (Lipinski definition) is 7. The Kier molecular flexibility index (Phi) is 10.6. The second-order valence-electron chi connectivity index (χ2n) is 14.4. The quantitative estimate of drug-likeness (QED) is 0.196. The lowest BCUT2D eigenvalue weighted by atomic mass is 9.82. The van der Waals surface area contributed by atoms with Crippen LogP contribution in [0, 0.1) is 0 Å². The van der Waals surface area contributed by atoms with Gasteiger partial charge in [-0.3, -0.25) is 9.69 Å². The summed E-state index contributed by atoms with van der Waals surface area (Å²) in [5.41, 5.74) is 7.69. The zero-order valence-corrected chi connectivity index (χ0v) is 29.9. The lowest BCUT2D eigenvalue weighted by Gasteiger charge is -2.32. The number of aliphatic hydroxyl groups is 1. The second-order valence-corrected chi connectivity index (χ2v) is 14.4. The van der Waals surface area contributed by atoms with Crippen molar-refractivity contribution >= 4 is 34.2 Å². The first-order valence-corrected chi connectivity index (χ1v) is 18.5. The number of carbonyl (C=O) groups is 2. The highest BCUT2D eigenvalue weighted by molar-refractivity contribution is 5.98. The Hall–Kier alpha value is -4.38. The van der Waals surface area contributed by atoms with Gasteiger partial charge < -0.3 is 34.1 Å². The molecule has 1 saturated carbocycles. The molecule has 1 aromatic heterocycles. The largest absolute Gasteiger partial charge is 0.489 e. The molecule has 3 heterocycles.